The fraction of sp³-hybridized carbons (Fsp3) is 0.917. The van der Waals surface area contributed by atoms with Crippen LogP contribution in [0.2, 0.25) is 0 Å². The van der Waals surface area contributed by atoms with E-state index in [4.69, 9.17) is 0 Å². The summed E-state index contributed by atoms with van der Waals surface area (Å²) in [6.45, 7) is 7.06. The predicted molar refractivity (Wildman–Crippen MR) is 76.5 cm³/mol. The molecule has 1 rings (SSSR count). The van der Waals surface area contributed by atoms with Gasteiger partial charge in [0, 0.05) is 13.1 Å². The van der Waals surface area contributed by atoms with Crippen LogP contribution in [0.1, 0.15) is 26.7 Å². The molecule has 20 heavy (non-hydrogen) atoms. The average molecular weight is 307 g/mol. The van der Waals surface area contributed by atoms with Crippen molar-refractivity contribution in [3.05, 3.63) is 0 Å². The van der Waals surface area contributed by atoms with Gasteiger partial charge in [-0.05, 0) is 37.8 Å². The van der Waals surface area contributed by atoms with E-state index in [9.17, 15) is 13.2 Å². The maximum atomic E-state index is 11.9. The molecular weight excluding hydrogens is 282 g/mol. The van der Waals surface area contributed by atoms with E-state index in [2.05, 4.69) is 23.9 Å². The third-order valence-electron chi connectivity index (χ3n) is 3.30. The molecule has 1 aliphatic heterocycles. The largest absolute Gasteiger partial charge is 0.452 e. The lowest BCUT2D eigenvalue weighted by Gasteiger charge is -2.31. The summed E-state index contributed by atoms with van der Waals surface area (Å²) in [5, 5.41) is 3.39. The highest BCUT2D eigenvalue weighted by atomic mass is 32.2. The first-order valence-corrected chi connectivity index (χ1v) is 8.35. The summed E-state index contributed by atoms with van der Waals surface area (Å²) in [6, 6.07) is 0. The molecule has 1 aliphatic rings. The summed E-state index contributed by atoms with van der Waals surface area (Å²) < 4.78 is 31.2. The van der Waals surface area contributed by atoms with Gasteiger partial charge in [0.05, 0.1) is 7.11 Å². The zero-order chi connectivity index (χ0) is 15.2. The molecule has 0 atom stereocenters. The third-order valence-corrected chi connectivity index (χ3v) is 4.77. The van der Waals surface area contributed by atoms with Crippen molar-refractivity contribution in [3.63, 3.8) is 0 Å². The molecule has 0 radical (unpaired) electrons. The molecule has 0 aliphatic carbocycles. The van der Waals surface area contributed by atoms with E-state index in [1.165, 1.54) is 4.31 Å². The van der Waals surface area contributed by atoms with Crippen LogP contribution in [0.15, 0.2) is 0 Å². The molecule has 8 heteroatoms. The van der Waals surface area contributed by atoms with Crippen molar-refractivity contribution in [2.24, 2.45) is 11.8 Å². The van der Waals surface area contributed by atoms with E-state index >= 15 is 0 Å². The van der Waals surface area contributed by atoms with Gasteiger partial charge in [0.2, 0.25) is 0 Å². The number of rotatable bonds is 6. The van der Waals surface area contributed by atoms with E-state index in [0.717, 1.165) is 33.0 Å². The van der Waals surface area contributed by atoms with Gasteiger partial charge < -0.3 is 10.1 Å². The Hall–Kier alpha value is -0.860. The second-order valence-corrected chi connectivity index (χ2v) is 7.16. The highest BCUT2D eigenvalue weighted by Crippen LogP contribution is 2.18. The third kappa shape index (κ3) is 5.64. The van der Waals surface area contributed by atoms with Crippen LogP contribution in [0.3, 0.4) is 0 Å². The lowest BCUT2D eigenvalue weighted by Crippen LogP contribution is -2.47. The normalized spacial score (nSPS) is 18.2. The standard InChI is InChI=1S/C12H25N3O4S/c1-10(2)8-13-9-11-4-6-15(7-5-11)20(17,18)14-12(16)19-3/h10-11,13H,4-9H2,1-3H3,(H,14,16). The smallest absolute Gasteiger partial charge is 0.421 e. The molecule has 1 saturated heterocycles. The van der Waals surface area contributed by atoms with Crippen LogP contribution in [0.4, 0.5) is 4.79 Å². The lowest BCUT2D eigenvalue weighted by molar-refractivity contribution is 0.176. The number of methoxy groups -OCH3 is 1. The van der Waals surface area contributed by atoms with Crippen LogP contribution in [0, 0.1) is 11.8 Å². The van der Waals surface area contributed by atoms with Gasteiger partial charge in [-0.3, -0.25) is 0 Å². The molecule has 118 valence electrons. The number of nitrogens with zero attached hydrogens (tertiary/aromatic N) is 1. The van der Waals surface area contributed by atoms with Crippen LogP contribution in [0.5, 0.6) is 0 Å². The molecule has 1 fully saturated rings. The molecule has 7 nitrogen and oxygen atoms in total. The molecule has 0 unspecified atom stereocenters. The van der Waals surface area contributed by atoms with E-state index in [0.29, 0.717) is 24.9 Å². The van der Waals surface area contributed by atoms with Gasteiger partial charge in [-0.1, -0.05) is 13.8 Å². The average Bonchev–Trinajstić information content (AvgIpc) is 2.38. The van der Waals surface area contributed by atoms with Gasteiger partial charge >= 0.3 is 16.3 Å². The minimum atomic E-state index is -3.76. The first-order chi connectivity index (χ1) is 9.35. The highest BCUT2D eigenvalue weighted by molar-refractivity contribution is 7.87. The Morgan fingerprint density at radius 1 is 1.35 bits per heavy atom. The number of ether oxygens (including phenoxy) is 1. The summed E-state index contributed by atoms with van der Waals surface area (Å²) in [6.07, 6.45) is 0.645. The van der Waals surface area contributed by atoms with E-state index in [1.807, 2.05) is 4.72 Å². The SMILES string of the molecule is COC(=O)NS(=O)(=O)N1CCC(CNCC(C)C)CC1. The number of carbonyl (C=O) groups excluding carboxylic acids is 1. The van der Waals surface area contributed by atoms with Gasteiger partial charge in [-0.15, -0.1) is 0 Å². The molecule has 1 heterocycles. The van der Waals surface area contributed by atoms with E-state index in [-0.39, 0.29) is 0 Å². The van der Waals surface area contributed by atoms with Crippen LogP contribution >= 0.6 is 0 Å². The fourth-order valence-corrected chi connectivity index (χ4v) is 3.26. The molecular formula is C12H25N3O4S. The van der Waals surface area contributed by atoms with Crippen LogP contribution in [0.25, 0.3) is 0 Å². The molecule has 1 amide bonds. The van der Waals surface area contributed by atoms with Crippen molar-refractivity contribution in [2.45, 2.75) is 26.7 Å². The maximum Gasteiger partial charge on any atom is 0.421 e. The number of nitrogens with one attached hydrogen (secondary N) is 2. The minimum absolute atomic E-state index is 0.431. The van der Waals surface area contributed by atoms with Gasteiger partial charge in [0.15, 0.2) is 0 Å². The quantitative estimate of drug-likeness (QED) is 0.748. The summed E-state index contributed by atoms with van der Waals surface area (Å²) in [4.78, 5) is 11.0. The monoisotopic (exact) mass is 307 g/mol. The number of hydrogen-bond donors (Lipinski definition) is 2. The van der Waals surface area contributed by atoms with E-state index < -0.39 is 16.3 Å². The van der Waals surface area contributed by atoms with Crippen molar-refractivity contribution in [3.8, 4) is 0 Å². The Morgan fingerprint density at radius 3 is 2.45 bits per heavy atom. The van der Waals surface area contributed by atoms with Gasteiger partial charge in [-0.25, -0.2) is 9.52 Å². The number of carbonyl (C=O) groups is 1. The number of amides is 1. The Balaban J connectivity index is 2.36. The zero-order valence-corrected chi connectivity index (χ0v) is 13.2. The summed E-state index contributed by atoms with van der Waals surface area (Å²) >= 11 is 0. The molecule has 0 aromatic carbocycles. The summed E-state index contributed by atoms with van der Waals surface area (Å²) in [5.41, 5.74) is 0. The number of hydrogen-bond acceptors (Lipinski definition) is 5. The molecule has 2 N–H and O–H groups in total. The first kappa shape index (κ1) is 17.2. The Kier molecular flexibility index (Phi) is 6.70. The second-order valence-electron chi connectivity index (χ2n) is 5.49. The van der Waals surface area contributed by atoms with E-state index in [1.54, 1.807) is 0 Å². The summed E-state index contributed by atoms with van der Waals surface area (Å²) in [5.74, 6) is 1.10. The molecule has 0 bridgehead atoms. The Bertz CT molecular complexity index is 403. The van der Waals surface area contributed by atoms with Crippen LogP contribution < -0.4 is 10.0 Å². The first-order valence-electron chi connectivity index (χ1n) is 6.91. The van der Waals surface area contributed by atoms with Crippen molar-refractivity contribution in [1.82, 2.24) is 14.3 Å². The number of piperidine rings is 1. The van der Waals surface area contributed by atoms with Gasteiger partial charge in [0.1, 0.15) is 0 Å². The Morgan fingerprint density at radius 2 is 1.95 bits per heavy atom. The molecule has 0 aromatic heterocycles. The molecule has 0 saturated carbocycles. The fourth-order valence-electron chi connectivity index (χ4n) is 2.14. The van der Waals surface area contributed by atoms with Crippen molar-refractivity contribution >= 4 is 16.3 Å². The predicted octanol–water partition coefficient (Wildman–Crippen LogP) is 0.545. The lowest BCUT2D eigenvalue weighted by atomic mass is 9.98. The van der Waals surface area contributed by atoms with Crippen molar-refractivity contribution in [2.75, 3.05) is 33.3 Å². The maximum absolute atomic E-state index is 11.9. The van der Waals surface area contributed by atoms with Crippen LogP contribution in [-0.4, -0.2) is 52.1 Å². The zero-order valence-electron chi connectivity index (χ0n) is 12.4. The topological polar surface area (TPSA) is 87.7 Å². The minimum Gasteiger partial charge on any atom is -0.452 e. The Labute approximate surface area is 121 Å². The van der Waals surface area contributed by atoms with Crippen molar-refractivity contribution < 1.29 is 17.9 Å². The second kappa shape index (κ2) is 7.80. The van der Waals surface area contributed by atoms with Crippen LogP contribution in [-0.2, 0) is 14.9 Å². The van der Waals surface area contributed by atoms with Gasteiger partial charge in [-0.2, -0.15) is 12.7 Å². The molecule has 0 aromatic rings. The molecule has 0 spiro atoms. The highest BCUT2D eigenvalue weighted by Gasteiger charge is 2.29. The summed E-state index contributed by atoms with van der Waals surface area (Å²) in [7, 11) is -2.63. The van der Waals surface area contributed by atoms with Crippen molar-refractivity contribution in [1.29, 1.82) is 0 Å². The van der Waals surface area contributed by atoms with Gasteiger partial charge in [0.25, 0.3) is 0 Å².